The Kier molecular flexibility index (Phi) is 8.15. The van der Waals surface area contributed by atoms with Crippen molar-refractivity contribution < 1.29 is 0 Å². The Morgan fingerprint density at radius 1 is 0.417 bits per heavy atom. The van der Waals surface area contributed by atoms with E-state index in [2.05, 4.69) is 201 Å². The third kappa shape index (κ3) is 5.73. The Morgan fingerprint density at radius 3 is 1.75 bits per heavy atom. The Morgan fingerprint density at radius 2 is 0.983 bits per heavy atom. The highest BCUT2D eigenvalue weighted by Gasteiger charge is 2.51. The van der Waals surface area contributed by atoms with Crippen molar-refractivity contribution >= 4 is 27.8 Å². The average Bonchev–Trinajstić information content (AvgIpc) is 3.52. The number of anilines is 3. The number of hydrogen-bond donors (Lipinski definition) is 0. The van der Waals surface area contributed by atoms with E-state index in [9.17, 15) is 0 Å². The van der Waals surface area contributed by atoms with Gasteiger partial charge in [0.05, 0.1) is 5.69 Å². The summed E-state index contributed by atoms with van der Waals surface area (Å²) in [6, 6.07) is 68.7. The van der Waals surface area contributed by atoms with Crippen LogP contribution in [0.1, 0.15) is 69.1 Å². The molecular formula is C59H51N. The predicted octanol–water partition coefficient (Wildman–Crippen LogP) is 16.1. The molecule has 0 aromatic heterocycles. The van der Waals surface area contributed by atoms with Crippen LogP contribution < -0.4 is 4.90 Å². The third-order valence-electron chi connectivity index (χ3n) is 15.2. The normalized spacial score (nSPS) is 21.8. The summed E-state index contributed by atoms with van der Waals surface area (Å²) >= 11 is 0. The van der Waals surface area contributed by atoms with Crippen LogP contribution in [0.2, 0.25) is 0 Å². The monoisotopic (exact) mass is 773 g/mol. The van der Waals surface area contributed by atoms with E-state index in [0.29, 0.717) is 5.41 Å². The summed E-state index contributed by atoms with van der Waals surface area (Å²) < 4.78 is 0. The Bertz CT molecular complexity index is 2880. The van der Waals surface area contributed by atoms with Crippen molar-refractivity contribution in [2.75, 3.05) is 4.90 Å². The summed E-state index contributed by atoms with van der Waals surface area (Å²) in [4.78, 5) is 2.51. The van der Waals surface area contributed by atoms with Gasteiger partial charge in [-0.3, -0.25) is 0 Å². The second-order valence-corrected chi connectivity index (χ2v) is 19.2. The molecule has 0 amide bonds. The van der Waals surface area contributed by atoms with E-state index in [4.69, 9.17) is 0 Å². The average molecular weight is 774 g/mol. The van der Waals surface area contributed by atoms with E-state index in [0.717, 1.165) is 29.1 Å². The third-order valence-corrected chi connectivity index (χ3v) is 15.2. The molecule has 0 unspecified atom stereocenters. The first kappa shape index (κ1) is 35.7. The molecule has 60 heavy (non-hydrogen) atoms. The zero-order valence-electron chi connectivity index (χ0n) is 34.7. The zero-order valence-corrected chi connectivity index (χ0v) is 34.7. The summed E-state index contributed by atoms with van der Waals surface area (Å²) in [6.07, 6.45) is 8.62. The van der Waals surface area contributed by atoms with Gasteiger partial charge in [-0.15, -0.1) is 0 Å². The standard InChI is InChI=1S/C59H51N/c1-58(2)55-18-9-8-16-52(55)53-29-28-49(35-56(53)58)60(48-26-21-43(22-27-48)42-11-4-3-5-12-42)57-30-23-46(34-54(57)51-17-10-14-45-13-6-7-15-50(45)51)44-19-24-47(25-20-44)59-36-39-31-40(37-59)33-41(32-39)38-59/h3-30,34-35,39-41H,31-33,36-38H2,1-2H3. The van der Waals surface area contributed by atoms with Crippen LogP contribution in [0.4, 0.5) is 17.1 Å². The van der Waals surface area contributed by atoms with Crippen LogP contribution in [-0.2, 0) is 10.8 Å². The SMILES string of the molecule is CC1(C)c2ccccc2-c2ccc(N(c3ccc(-c4ccccc4)cc3)c3ccc(-c4ccc(C56CC7CC(CC(C7)C5)C6)cc4)cc3-c3cccc4ccccc34)cc21. The molecule has 5 aliphatic rings. The number of benzene rings is 8. The molecular weight excluding hydrogens is 723 g/mol. The van der Waals surface area contributed by atoms with Crippen molar-refractivity contribution in [2.24, 2.45) is 17.8 Å². The lowest BCUT2D eigenvalue weighted by Gasteiger charge is -2.57. The van der Waals surface area contributed by atoms with Gasteiger partial charge < -0.3 is 4.90 Å². The molecule has 0 radical (unpaired) electrons. The molecule has 0 N–H and O–H groups in total. The predicted molar refractivity (Wildman–Crippen MR) is 252 cm³/mol. The maximum Gasteiger partial charge on any atom is 0.0540 e. The van der Waals surface area contributed by atoms with Crippen LogP contribution in [0.5, 0.6) is 0 Å². The molecule has 8 aromatic carbocycles. The molecule has 8 aromatic rings. The molecule has 292 valence electrons. The highest BCUT2D eigenvalue weighted by molar-refractivity contribution is 6.02. The van der Waals surface area contributed by atoms with Crippen molar-refractivity contribution in [3.63, 3.8) is 0 Å². The largest absolute Gasteiger partial charge is 0.310 e. The quantitative estimate of drug-likeness (QED) is 0.156. The number of hydrogen-bond acceptors (Lipinski definition) is 1. The zero-order chi connectivity index (χ0) is 40.0. The van der Waals surface area contributed by atoms with Gasteiger partial charge in [0.2, 0.25) is 0 Å². The number of fused-ring (bicyclic) bond motifs is 4. The van der Waals surface area contributed by atoms with Gasteiger partial charge in [0.1, 0.15) is 0 Å². The topological polar surface area (TPSA) is 3.24 Å². The van der Waals surface area contributed by atoms with Crippen LogP contribution in [0.15, 0.2) is 182 Å². The van der Waals surface area contributed by atoms with Crippen LogP contribution >= 0.6 is 0 Å². The van der Waals surface area contributed by atoms with Gasteiger partial charge in [-0.05, 0) is 164 Å². The highest BCUT2D eigenvalue weighted by atomic mass is 15.1. The first-order chi connectivity index (χ1) is 29.4. The summed E-state index contributed by atoms with van der Waals surface area (Å²) in [6.45, 7) is 4.76. The molecule has 0 heterocycles. The van der Waals surface area contributed by atoms with Gasteiger partial charge in [0.25, 0.3) is 0 Å². The van der Waals surface area contributed by atoms with Gasteiger partial charge in [-0.25, -0.2) is 0 Å². The molecule has 1 nitrogen and oxygen atoms in total. The second kappa shape index (κ2) is 13.7. The van der Waals surface area contributed by atoms with Crippen molar-refractivity contribution in [3.05, 3.63) is 199 Å². The summed E-state index contributed by atoms with van der Waals surface area (Å²) in [5.41, 5.74) is 18.2. The molecule has 0 saturated heterocycles. The lowest BCUT2D eigenvalue weighted by molar-refractivity contribution is -0.00518. The van der Waals surface area contributed by atoms with Gasteiger partial charge in [-0.1, -0.05) is 159 Å². The fourth-order valence-corrected chi connectivity index (χ4v) is 12.8. The van der Waals surface area contributed by atoms with Crippen molar-refractivity contribution in [1.82, 2.24) is 0 Å². The molecule has 0 aliphatic heterocycles. The number of rotatable bonds is 7. The van der Waals surface area contributed by atoms with E-state index < -0.39 is 0 Å². The van der Waals surface area contributed by atoms with Crippen LogP contribution in [0.25, 0.3) is 55.3 Å². The van der Waals surface area contributed by atoms with E-state index in [-0.39, 0.29) is 5.41 Å². The summed E-state index contributed by atoms with van der Waals surface area (Å²) in [5.74, 6) is 2.82. The fourth-order valence-electron chi connectivity index (χ4n) is 12.8. The number of nitrogens with zero attached hydrogens (tertiary/aromatic N) is 1. The molecule has 4 saturated carbocycles. The van der Waals surface area contributed by atoms with Gasteiger partial charge in [0, 0.05) is 22.4 Å². The maximum atomic E-state index is 2.51. The Balaban J connectivity index is 1.03. The highest BCUT2D eigenvalue weighted by Crippen LogP contribution is 2.61. The molecule has 5 aliphatic carbocycles. The Labute approximate surface area is 355 Å². The van der Waals surface area contributed by atoms with Crippen molar-refractivity contribution in [2.45, 2.75) is 63.2 Å². The van der Waals surface area contributed by atoms with E-state index in [1.165, 1.54) is 111 Å². The Hall–Kier alpha value is -6.18. The minimum absolute atomic E-state index is 0.116. The molecule has 13 rings (SSSR count). The minimum atomic E-state index is -0.116. The molecule has 1 heteroatoms. The van der Waals surface area contributed by atoms with Crippen LogP contribution in [0, 0.1) is 17.8 Å². The minimum Gasteiger partial charge on any atom is -0.310 e. The maximum absolute atomic E-state index is 2.51. The first-order valence-electron chi connectivity index (χ1n) is 22.3. The van der Waals surface area contributed by atoms with Gasteiger partial charge in [-0.2, -0.15) is 0 Å². The second-order valence-electron chi connectivity index (χ2n) is 19.2. The lowest BCUT2D eigenvalue weighted by Crippen LogP contribution is -2.48. The van der Waals surface area contributed by atoms with Crippen molar-refractivity contribution in [3.8, 4) is 44.5 Å². The van der Waals surface area contributed by atoms with Crippen LogP contribution in [-0.4, -0.2) is 0 Å². The van der Waals surface area contributed by atoms with E-state index >= 15 is 0 Å². The van der Waals surface area contributed by atoms with Gasteiger partial charge >= 0.3 is 0 Å². The smallest absolute Gasteiger partial charge is 0.0540 e. The van der Waals surface area contributed by atoms with Crippen molar-refractivity contribution in [1.29, 1.82) is 0 Å². The molecule has 0 spiro atoms. The van der Waals surface area contributed by atoms with E-state index in [1.54, 1.807) is 5.56 Å². The molecule has 4 fully saturated rings. The fraction of sp³-hybridized carbons (Fsp3) is 0.220. The van der Waals surface area contributed by atoms with Gasteiger partial charge in [0.15, 0.2) is 0 Å². The van der Waals surface area contributed by atoms with Crippen LogP contribution in [0.3, 0.4) is 0 Å². The lowest BCUT2D eigenvalue weighted by atomic mass is 9.48. The summed E-state index contributed by atoms with van der Waals surface area (Å²) in [5, 5.41) is 2.52. The molecule has 4 bridgehead atoms. The first-order valence-corrected chi connectivity index (χ1v) is 22.3. The van der Waals surface area contributed by atoms with E-state index in [1.807, 2.05) is 0 Å². The summed E-state index contributed by atoms with van der Waals surface area (Å²) in [7, 11) is 0. The molecule has 0 atom stereocenters.